The van der Waals surface area contributed by atoms with Gasteiger partial charge in [0.15, 0.2) is 0 Å². The summed E-state index contributed by atoms with van der Waals surface area (Å²) in [7, 11) is 0. The third kappa shape index (κ3) is 1.71. The van der Waals surface area contributed by atoms with Crippen molar-refractivity contribution in [3.8, 4) is 0 Å². The minimum absolute atomic E-state index is 0.157. The molecular weight excluding hydrogens is 154 g/mol. The molecule has 70 valence electrons. The van der Waals surface area contributed by atoms with Crippen molar-refractivity contribution in [1.82, 2.24) is 4.90 Å². The molecule has 1 aliphatic heterocycles. The van der Waals surface area contributed by atoms with Crippen molar-refractivity contribution in [3.63, 3.8) is 0 Å². The molecule has 0 N–H and O–H groups in total. The molecule has 0 aliphatic carbocycles. The van der Waals surface area contributed by atoms with Crippen molar-refractivity contribution in [2.75, 3.05) is 6.61 Å². The van der Waals surface area contributed by atoms with Gasteiger partial charge in [-0.2, -0.15) is 0 Å². The Morgan fingerprint density at radius 3 is 2.33 bits per heavy atom. The summed E-state index contributed by atoms with van der Waals surface area (Å²) in [5.41, 5.74) is 0. The number of amides is 1. The number of hydrogen-bond donors (Lipinski definition) is 0. The fourth-order valence-corrected chi connectivity index (χ4v) is 1.75. The summed E-state index contributed by atoms with van der Waals surface area (Å²) >= 11 is 0. The monoisotopic (exact) mass is 171 g/mol. The smallest absolute Gasteiger partial charge is 0.410 e. The number of carbonyl (C=O) groups excluding carboxylic acids is 1. The molecular formula is C9H17NO2. The lowest BCUT2D eigenvalue weighted by atomic mass is 10.2. The molecule has 1 saturated heterocycles. The lowest BCUT2D eigenvalue weighted by molar-refractivity contribution is 0.0934. The van der Waals surface area contributed by atoms with E-state index in [9.17, 15) is 4.79 Å². The van der Waals surface area contributed by atoms with Gasteiger partial charge in [0.05, 0.1) is 6.61 Å². The predicted molar refractivity (Wildman–Crippen MR) is 47.0 cm³/mol. The van der Waals surface area contributed by atoms with E-state index in [1.807, 2.05) is 11.8 Å². The Labute approximate surface area is 73.7 Å². The van der Waals surface area contributed by atoms with Crippen molar-refractivity contribution < 1.29 is 9.53 Å². The zero-order valence-corrected chi connectivity index (χ0v) is 8.04. The molecule has 2 atom stereocenters. The van der Waals surface area contributed by atoms with Crippen LogP contribution < -0.4 is 0 Å². The van der Waals surface area contributed by atoms with Crippen LogP contribution in [0.3, 0.4) is 0 Å². The van der Waals surface area contributed by atoms with Crippen LogP contribution in [0.4, 0.5) is 4.79 Å². The van der Waals surface area contributed by atoms with Gasteiger partial charge in [-0.3, -0.25) is 0 Å². The van der Waals surface area contributed by atoms with Crippen LogP contribution in [0, 0.1) is 0 Å². The van der Waals surface area contributed by atoms with Crippen molar-refractivity contribution >= 4 is 6.09 Å². The van der Waals surface area contributed by atoms with Crippen molar-refractivity contribution in [3.05, 3.63) is 0 Å². The van der Waals surface area contributed by atoms with Gasteiger partial charge < -0.3 is 9.64 Å². The molecule has 1 heterocycles. The highest BCUT2D eigenvalue weighted by atomic mass is 16.6. The summed E-state index contributed by atoms with van der Waals surface area (Å²) in [5.74, 6) is 0. The Kier molecular flexibility index (Phi) is 2.95. The standard InChI is InChI=1S/C9H17NO2/c1-4-12-9(11)10-7(2)5-6-8(10)3/h7-8H,4-6H2,1-3H3/t7-,8+. The highest BCUT2D eigenvalue weighted by molar-refractivity contribution is 5.68. The molecule has 1 amide bonds. The van der Waals surface area contributed by atoms with Gasteiger partial charge >= 0.3 is 6.09 Å². The summed E-state index contributed by atoms with van der Waals surface area (Å²) in [4.78, 5) is 13.2. The highest BCUT2D eigenvalue weighted by Crippen LogP contribution is 2.23. The molecule has 0 saturated carbocycles. The number of nitrogens with zero attached hydrogens (tertiary/aromatic N) is 1. The van der Waals surface area contributed by atoms with Crippen LogP contribution in [-0.2, 0) is 4.74 Å². The first kappa shape index (κ1) is 9.36. The first-order valence-corrected chi connectivity index (χ1v) is 4.62. The lowest BCUT2D eigenvalue weighted by Gasteiger charge is -2.24. The molecule has 0 spiro atoms. The van der Waals surface area contributed by atoms with Gasteiger partial charge in [-0.25, -0.2) is 4.79 Å². The first-order valence-electron chi connectivity index (χ1n) is 4.62. The molecule has 1 aliphatic rings. The molecule has 3 nitrogen and oxygen atoms in total. The fraction of sp³-hybridized carbons (Fsp3) is 0.889. The third-order valence-corrected chi connectivity index (χ3v) is 2.43. The second-order valence-electron chi connectivity index (χ2n) is 3.38. The quantitative estimate of drug-likeness (QED) is 0.604. The van der Waals surface area contributed by atoms with E-state index in [0.717, 1.165) is 12.8 Å². The maximum Gasteiger partial charge on any atom is 0.410 e. The molecule has 1 fully saturated rings. The molecule has 1 rings (SSSR count). The van der Waals surface area contributed by atoms with E-state index in [1.54, 1.807) is 0 Å². The number of ether oxygens (including phenoxy) is 1. The van der Waals surface area contributed by atoms with E-state index < -0.39 is 0 Å². The largest absolute Gasteiger partial charge is 0.450 e. The van der Waals surface area contributed by atoms with E-state index >= 15 is 0 Å². The first-order chi connectivity index (χ1) is 5.66. The van der Waals surface area contributed by atoms with Crippen LogP contribution in [0.25, 0.3) is 0 Å². The third-order valence-electron chi connectivity index (χ3n) is 2.43. The van der Waals surface area contributed by atoms with Crippen molar-refractivity contribution in [2.45, 2.75) is 45.7 Å². The molecule has 0 aromatic carbocycles. The maximum atomic E-state index is 11.4. The summed E-state index contributed by atoms with van der Waals surface area (Å²) < 4.78 is 4.95. The normalized spacial score (nSPS) is 29.1. The number of likely N-dealkylation sites (tertiary alicyclic amines) is 1. The SMILES string of the molecule is CCOC(=O)N1[C@H](C)CC[C@@H]1C. The van der Waals surface area contributed by atoms with E-state index in [0.29, 0.717) is 18.7 Å². The van der Waals surface area contributed by atoms with Crippen LogP contribution in [0.5, 0.6) is 0 Å². The summed E-state index contributed by atoms with van der Waals surface area (Å²) in [6, 6.07) is 0.693. The van der Waals surface area contributed by atoms with Crippen LogP contribution >= 0.6 is 0 Å². The molecule has 0 unspecified atom stereocenters. The van der Waals surface area contributed by atoms with Crippen LogP contribution in [0.1, 0.15) is 33.6 Å². The van der Waals surface area contributed by atoms with E-state index in [2.05, 4.69) is 13.8 Å². The Hall–Kier alpha value is -0.730. The van der Waals surface area contributed by atoms with Gasteiger partial charge in [-0.1, -0.05) is 0 Å². The summed E-state index contributed by atoms with van der Waals surface area (Å²) in [5, 5.41) is 0. The van der Waals surface area contributed by atoms with Crippen molar-refractivity contribution in [2.24, 2.45) is 0 Å². The average molecular weight is 171 g/mol. The van der Waals surface area contributed by atoms with Crippen LogP contribution in [0.2, 0.25) is 0 Å². The van der Waals surface area contributed by atoms with E-state index in [1.165, 1.54) is 0 Å². The number of rotatable bonds is 1. The van der Waals surface area contributed by atoms with Gasteiger partial charge in [0.2, 0.25) is 0 Å². The minimum atomic E-state index is -0.157. The van der Waals surface area contributed by atoms with Crippen molar-refractivity contribution in [1.29, 1.82) is 0 Å². The second kappa shape index (κ2) is 3.78. The molecule has 0 aromatic heterocycles. The second-order valence-corrected chi connectivity index (χ2v) is 3.38. The lowest BCUT2D eigenvalue weighted by Crippen LogP contribution is -2.38. The van der Waals surface area contributed by atoms with Gasteiger partial charge in [-0.15, -0.1) is 0 Å². The predicted octanol–water partition coefficient (Wildman–Crippen LogP) is 2.02. The van der Waals surface area contributed by atoms with Gasteiger partial charge in [0, 0.05) is 12.1 Å². The molecule has 0 radical (unpaired) electrons. The molecule has 0 aromatic rings. The summed E-state index contributed by atoms with van der Waals surface area (Å²) in [6.45, 7) is 6.44. The Bertz CT molecular complexity index is 160. The minimum Gasteiger partial charge on any atom is -0.450 e. The van der Waals surface area contributed by atoms with Crippen LogP contribution in [0.15, 0.2) is 0 Å². The zero-order chi connectivity index (χ0) is 9.14. The van der Waals surface area contributed by atoms with Gasteiger partial charge in [0.25, 0.3) is 0 Å². The summed E-state index contributed by atoms with van der Waals surface area (Å²) in [6.07, 6.45) is 2.04. The Balaban J connectivity index is 2.53. The molecule has 12 heavy (non-hydrogen) atoms. The van der Waals surface area contributed by atoms with Gasteiger partial charge in [0.1, 0.15) is 0 Å². The fourth-order valence-electron chi connectivity index (χ4n) is 1.75. The maximum absolute atomic E-state index is 11.4. The van der Waals surface area contributed by atoms with Crippen LogP contribution in [-0.4, -0.2) is 29.7 Å². The number of hydrogen-bond acceptors (Lipinski definition) is 2. The van der Waals surface area contributed by atoms with E-state index in [4.69, 9.17) is 4.74 Å². The average Bonchev–Trinajstić information content (AvgIpc) is 2.32. The zero-order valence-electron chi connectivity index (χ0n) is 8.04. The van der Waals surface area contributed by atoms with E-state index in [-0.39, 0.29) is 6.09 Å². The Morgan fingerprint density at radius 2 is 1.92 bits per heavy atom. The molecule has 0 bridgehead atoms. The topological polar surface area (TPSA) is 29.5 Å². The van der Waals surface area contributed by atoms with Gasteiger partial charge in [-0.05, 0) is 33.6 Å². The molecule has 3 heteroatoms. The Morgan fingerprint density at radius 1 is 1.42 bits per heavy atom. The highest BCUT2D eigenvalue weighted by Gasteiger charge is 2.31. The number of carbonyl (C=O) groups is 1.